The molecule has 112 valence electrons. The molecule has 2 amide bonds. The molecular weight excluding hydrogens is 282 g/mol. The summed E-state index contributed by atoms with van der Waals surface area (Å²) < 4.78 is 0. The van der Waals surface area contributed by atoms with Crippen LogP contribution in [0.5, 0.6) is 0 Å². The van der Waals surface area contributed by atoms with Crippen molar-refractivity contribution < 1.29 is 14.7 Å². The number of carbonyl (C=O) groups excluding carboxylic acids is 1. The van der Waals surface area contributed by atoms with Gasteiger partial charge in [-0.3, -0.25) is 4.98 Å². The van der Waals surface area contributed by atoms with E-state index in [0.717, 1.165) is 16.8 Å². The highest BCUT2D eigenvalue weighted by Crippen LogP contribution is 2.22. The number of carboxylic acid groups (broad SMARTS) is 1. The largest absolute Gasteiger partial charge is 0.478 e. The van der Waals surface area contributed by atoms with Gasteiger partial charge in [0.25, 0.3) is 0 Å². The Morgan fingerprint density at radius 3 is 2.68 bits per heavy atom. The summed E-state index contributed by atoms with van der Waals surface area (Å²) in [5.74, 6) is -0.980. The maximum atomic E-state index is 12.3. The van der Waals surface area contributed by atoms with Gasteiger partial charge < -0.3 is 15.3 Å². The quantitative estimate of drug-likeness (QED) is 0.891. The number of nitrogens with one attached hydrogen (secondary N) is 1. The molecule has 1 aromatic heterocycles. The van der Waals surface area contributed by atoms with Crippen molar-refractivity contribution in [2.75, 3.05) is 11.9 Å². The number of aromatic carboxylic acids is 1. The zero-order valence-corrected chi connectivity index (χ0v) is 11.8. The number of aromatic nitrogens is 1. The average molecular weight is 297 g/mol. The highest BCUT2D eigenvalue weighted by molar-refractivity contribution is 5.91. The lowest BCUT2D eigenvalue weighted by atomic mass is 9.97. The second-order valence-corrected chi connectivity index (χ2v) is 5.10. The number of amides is 2. The predicted molar refractivity (Wildman–Crippen MR) is 80.8 cm³/mol. The third-order valence-corrected chi connectivity index (χ3v) is 3.68. The van der Waals surface area contributed by atoms with E-state index in [-0.39, 0.29) is 11.6 Å². The summed E-state index contributed by atoms with van der Waals surface area (Å²) in [5.41, 5.74) is 2.51. The summed E-state index contributed by atoms with van der Waals surface area (Å²) in [6.45, 7) is 0.845. The fraction of sp³-hybridized carbons (Fsp3) is 0.188. The van der Waals surface area contributed by atoms with Gasteiger partial charge in [0.05, 0.1) is 5.56 Å². The standard InChI is InChI=1S/C16H15N3O3/c20-15(21)14-9-17-8-11-10-19(7-6-13(11)14)16(22)18-12-4-2-1-3-5-12/h1-5,8-9H,6-7,10H2,(H,18,22)(H,20,21). The first-order chi connectivity index (χ1) is 10.6. The number of para-hydroxylation sites is 1. The summed E-state index contributed by atoms with van der Waals surface area (Å²) in [7, 11) is 0. The van der Waals surface area contributed by atoms with Gasteiger partial charge >= 0.3 is 12.0 Å². The number of pyridine rings is 1. The van der Waals surface area contributed by atoms with Crippen molar-refractivity contribution >= 4 is 17.7 Å². The molecule has 0 radical (unpaired) electrons. The predicted octanol–water partition coefficient (Wildman–Crippen LogP) is 2.37. The number of urea groups is 1. The van der Waals surface area contributed by atoms with Crippen molar-refractivity contribution in [3.05, 3.63) is 59.4 Å². The van der Waals surface area contributed by atoms with Gasteiger partial charge in [0.15, 0.2) is 0 Å². The van der Waals surface area contributed by atoms with Crippen LogP contribution in [0.25, 0.3) is 0 Å². The average Bonchev–Trinajstić information content (AvgIpc) is 2.54. The molecule has 1 aliphatic rings. The highest BCUT2D eigenvalue weighted by atomic mass is 16.4. The monoisotopic (exact) mass is 297 g/mol. The minimum atomic E-state index is -0.980. The van der Waals surface area contributed by atoms with E-state index >= 15 is 0 Å². The minimum absolute atomic E-state index is 0.197. The van der Waals surface area contributed by atoms with Gasteiger partial charge in [0, 0.05) is 31.2 Å². The number of hydrogen-bond acceptors (Lipinski definition) is 3. The summed E-state index contributed by atoms with van der Waals surface area (Å²) in [6.07, 6.45) is 3.51. The topological polar surface area (TPSA) is 82.5 Å². The van der Waals surface area contributed by atoms with Crippen molar-refractivity contribution in [3.63, 3.8) is 0 Å². The number of rotatable bonds is 2. The maximum Gasteiger partial charge on any atom is 0.337 e. The van der Waals surface area contributed by atoms with Crippen molar-refractivity contribution in [1.82, 2.24) is 9.88 Å². The number of carbonyl (C=O) groups is 2. The molecule has 6 nitrogen and oxygen atoms in total. The lowest BCUT2D eigenvalue weighted by Gasteiger charge is -2.29. The van der Waals surface area contributed by atoms with Crippen LogP contribution in [0, 0.1) is 0 Å². The van der Waals surface area contributed by atoms with Crippen LogP contribution in [0.2, 0.25) is 0 Å². The Hall–Kier alpha value is -2.89. The molecule has 0 bridgehead atoms. The lowest BCUT2D eigenvalue weighted by Crippen LogP contribution is -2.39. The zero-order chi connectivity index (χ0) is 15.5. The van der Waals surface area contributed by atoms with Crippen molar-refractivity contribution in [2.24, 2.45) is 0 Å². The van der Waals surface area contributed by atoms with E-state index in [9.17, 15) is 14.7 Å². The molecule has 2 N–H and O–H groups in total. The van der Waals surface area contributed by atoms with E-state index in [2.05, 4.69) is 10.3 Å². The Labute approximate surface area is 127 Å². The van der Waals surface area contributed by atoms with E-state index in [1.54, 1.807) is 11.1 Å². The Bertz CT molecular complexity index is 716. The first kappa shape index (κ1) is 14.1. The van der Waals surface area contributed by atoms with E-state index < -0.39 is 5.97 Å². The van der Waals surface area contributed by atoms with Crippen LogP contribution >= 0.6 is 0 Å². The Kier molecular flexibility index (Phi) is 3.74. The lowest BCUT2D eigenvalue weighted by molar-refractivity contribution is 0.0694. The Morgan fingerprint density at radius 2 is 1.95 bits per heavy atom. The number of hydrogen-bond donors (Lipinski definition) is 2. The Morgan fingerprint density at radius 1 is 1.18 bits per heavy atom. The molecule has 1 aromatic carbocycles. The van der Waals surface area contributed by atoms with Crippen LogP contribution in [0.15, 0.2) is 42.7 Å². The normalized spacial score (nSPS) is 13.4. The van der Waals surface area contributed by atoms with Gasteiger partial charge in [0.2, 0.25) is 0 Å². The third-order valence-electron chi connectivity index (χ3n) is 3.68. The molecule has 6 heteroatoms. The first-order valence-electron chi connectivity index (χ1n) is 6.95. The second kappa shape index (κ2) is 5.85. The summed E-state index contributed by atoms with van der Waals surface area (Å²) >= 11 is 0. The van der Waals surface area contributed by atoms with E-state index in [1.165, 1.54) is 6.20 Å². The Balaban J connectivity index is 1.76. The molecule has 2 aromatic rings. The van der Waals surface area contributed by atoms with E-state index in [0.29, 0.717) is 19.5 Å². The first-order valence-corrected chi connectivity index (χ1v) is 6.95. The van der Waals surface area contributed by atoms with Gasteiger partial charge in [-0.05, 0) is 29.7 Å². The number of nitrogens with zero attached hydrogens (tertiary/aromatic N) is 2. The van der Waals surface area contributed by atoms with Gasteiger partial charge in [-0.15, -0.1) is 0 Å². The van der Waals surface area contributed by atoms with Crippen LogP contribution in [0.4, 0.5) is 10.5 Å². The molecule has 0 spiro atoms. The third kappa shape index (κ3) is 2.76. The molecule has 2 heterocycles. The molecule has 3 rings (SSSR count). The second-order valence-electron chi connectivity index (χ2n) is 5.10. The van der Waals surface area contributed by atoms with Gasteiger partial charge in [-0.2, -0.15) is 0 Å². The summed E-state index contributed by atoms with van der Waals surface area (Å²) in [5, 5.41) is 12.0. The smallest absolute Gasteiger partial charge is 0.337 e. The molecule has 0 atom stereocenters. The number of benzene rings is 1. The van der Waals surface area contributed by atoms with Crippen LogP contribution in [-0.2, 0) is 13.0 Å². The molecule has 22 heavy (non-hydrogen) atoms. The summed E-state index contributed by atoms with van der Waals surface area (Å²) in [6, 6.07) is 9.03. The number of carboxylic acids is 1. The minimum Gasteiger partial charge on any atom is -0.478 e. The van der Waals surface area contributed by atoms with Gasteiger partial charge in [0.1, 0.15) is 0 Å². The molecule has 0 saturated carbocycles. The molecule has 0 fully saturated rings. The van der Waals surface area contributed by atoms with E-state index in [4.69, 9.17) is 0 Å². The van der Waals surface area contributed by atoms with Crippen LogP contribution in [0.1, 0.15) is 21.5 Å². The fourth-order valence-electron chi connectivity index (χ4n) is 2.58. The highest BCUT2D eigenvalue weighted by Gasteiger charge is 2.24. The number of anilines is 1. The fourth-order valence-corrected chi connectivity index (χ4v) is 2.58. The van der Waals surface area contributed by atoms with Crippen LogP contribution < -0.4 is 5.32 Å². The molecule has 0 unspecified atom stereocenters. The van der Waals surface area contributed by atoms with Gasteiger partial charge in [-0.25, -0.2) is 9.59 Å². The van der Waals surface area contributed by atoms with Crippen LogP contribution in [-0.4, -0.2) is 33.5 Å². The van der Waals surface area contributed by atoms with Gasteiger partial charge in [-0.1, -0.05) is 18.2 Å². The van der Waals surface area contributed by atoms with Crippen molar-refractivity contribution in [1.29, 1.82) is 0 Å². The molecular formula is C16H15N3O3. The molecule has 1 aliphatic heterocycles. The zero-order valence-electron chi connectivity index (χ0n) is 11.8. The molecule has 0 aliphatic carbocycles. The SMILES string of the molecule is O=C(O)c1cncc2c1CCN(C(=O)Nc1ccccc1)C2. The maximum absolute atomic E-state index is 12.3. The number of fused-ring (bicyclic) bond motifs is 1. The van der Waals surface area contributed by atoms with Crippen molar-refractivity contribution in [2.45, 2.75) is 13.0 Å². The van der Waals surface area contributed by atoms with E-state index in [1.807, 2.05) is 30.3 Å². The molecule has 0 saturated heterocycles. The summed E-state index contributed by atoms with van der Waals surface area (Å²) in [4.78, 5) is 29.1. The van der Waals surface area contributed by atoms with Crippen LogP contribution in [0.3, 0.4) is 0 Å². The van der Waals surface area contributed by atoms with Crippen molar-refractivity contribution in [3.8, 4) is 0 Å².